The van der Waals surface area contributed by atoms with Crippen molar-refractivity contribution >= 4 is 11.6 Å². The summed E-state index contributed by atoms with van der Waals surface area (Å²) in [6.45, 7) is 8.44. The minimum atomic E-state index is 0.590. The Bertz CT molecular complexity index is 307. The van der Waals surface area contributed by atoms with E-state index in [1.54, 1.807) is 6.20 Å². The smallest absolute Gasteiger partial charge is 0.0814 e. The number of rotatable bonds is 7. The van der Waals surface area contributed by atoms with E-state index in [4.69, 9.17) is 11.6 Å². The molecule has 0 aliphatic rings. The summed E-state index contributed by atoms with van der Waals surface area (Å²) in [5.41, 5.74) is 1.07. The average molecular weight is 244 g/mol. The highest BCUT2D eigenvalue weighted by atomic mass is 35.5. The molecular formula is C12H22ClN3. The molecule has 0 aromatic carbocycles. The van der Waals surface area contributed by atoms with E-state index in [0.29, 0.717) is 6.04 Å². The van der Waals surface area contributed by atoms with Gasteiger partial charge in [0, 0.05) is 12.6 Å². The second kappa shape index (κ2) is 6.92. The molecule has 0 amide bonds. The maximum absolute atomic E-state index is 5.93. The van der Waals surface area contributed by atoms with Gasteiger partial charge in [0.05, 0.1) is 16.9 Å². The number of aryl methyl sites for hydroxylation is 1. The standard InChI is InChI=1S/C12H22ClN3/c1-10(2)14-7-5-4-6-8-16-11(3)12(13)9-15-16/h9-10,14H,4-8H2,1-3H3. The summed E-state index contributed by atoms with van der Waals surface area (Å²) in [4.78, 5) is 0. The number of aromatic nitrogens is 2. The van der Waals surface area contributed by atoms with Crippen molar-refractivity contribution in [2.24, 2.45) is 0 Å². The van der Waals surface area contributed by atoms with Crippen molar-refractivity contribution in [1.82, 2.24) is 15.1 Å². The number of halogens is 1. The highest BCUT2D eigenvalue weighted by molar-refractivity contribution is 6.31. The molecule has 0 bridgehead atoms. The van der Waals surface area contributed by atoms with Gasteiger partial charge in [-0.15, -0.1) is 0 Å². The molecule has 1 aromatic heterocycles. The van der Waals surface area contributed by atoms with Gasteiger partial charge >= 0.3 is 0 Å². The molecule has 1 heterocycles. The van der Waals surface area contributed by atoms with Crippen LogP contribution in [0.5, 0.6) is 0 Å². The maximum Gasteiger partial charge on any atom is 0.0814 e. The Morgan fingerprint density at radius 1 is 1.38 bits per heavy atom. The van der Waals surface area contributed by atoms with Crippen LogP contribution < -0.4 is 5.32 Å². The van der Waals surface area contributed by atoms with Crippen LogP contribution in [0.15, 0.2) is 6.20 Å². The Labute approximate surface area is 103 Å². The first kappa shape index (κ1) is 13.5. The molecule has 0 atom stereocenters. The molecule has 4 heteroatoms. The molecule has 3 nitrogen and oxygen atoms in total. The largest absolute Gasteiger partial charge is 0.315 e. The van der Waals surface area contributed by atoms with Crippen molar-refractivity contribution in [3.63, 3.8) is 0 Å². The fourth-order valence-corrected chi connectivity index (χ4v) is 1.74. The molecule has 0 fully saturated rings. The van der Waals surface area contributed by atoms with E-state index >= 15 is 0 Å². The lowest BCUT2D eigenvalue weighted by molar-refractivity contribution is 0.506. The molecule has 16 heavy (non-hydrogen) atoms. The van der Waals surface area contributed by atoms with Crippen LogP contribution in [0.2, 0.25) is 5.02 Å². The minimum Gasteiger partial charge on any atom is -0.315 e. The van der Waals surface area contributed by atoms with Crippen molar-refractivity contribution in [2.45, 2.75) is 52.6 Å². The molecule has 0 saturated carbocycles. The number of nitrogens with zero attached hydrogens (tertiary/aromatic N) is 2. The molecule has 1 aromatic rings. The molecule has 0 radical (unpaired) electrons. The van der Waals surface area contributed by atoms with E-state index in [9.17, 15) is 0 Å². The Morgan fingerprint density at radius 2 is 2.12 bits per heavy atom. The van der Waals surface area contributed by atoms with Crippen molar-refractivity contribution < 1.29 is 0 Å². The summed E-state index contributed by atoms with van der Waals surface area (Å²) in [5.74, 6) is 0. The third-order valence-corrected chi connectivity index (χ3v) is 3.01. The molecule has 0 aliphatic carbocycles. The second-order valence-corrected chi connectivity index (χ2v) is 4.88. The number of nitrogens with one attached hydrogen (secondary N) is 1. The van der Waals surface area contributed by atoms with E-state index in [1.165, 1.54) is 19.3 Å². The highest BCUT2D eigenvalue weighted by Gasteiger charge is 2.02. The van der Waals surface area contributed by atoms with Crippen LogP contribution >= 0.6 is 11.6 Å². The zero-order valence-electron chi connectivity index (χ0n) is 10.5. The van der Waals surface area contributed by atoms with Crippen molar-refractivity contribution in [2.75, 3.05) is 6.54 Å². The van der Waals surface area contributed by atoms with Gasteiger partial charge in [0.15, 0.2) is 0 Å². The summed E-state index contributed by atoms with van der Waals surface area (Å²) < 4.78 is 1.98. The third kappa shape index (κ3) is 4.54. The summed E-state index contributed by atoms with van der Waals surface area (Å²) in [6.07, 6.45) is 5.35. The quantitative estimate of drug-likeness (QED) is 0.747. The van der Waals surface area contributed by atoms with Gasteiger partial charge in [0.25, 0.3) is 0 Å². The third-order valence-electron chi connectivity index (χ3n) is 2.64. The zero-order chi connectivity index (χ0) is 12.0. The molecule has 0 aliphatic heterocycles. The molecule has 1 rings (SSSR count). The van der Waals surface area contributed by atoms with Crippen LogP contribution in [0.4, 0.5) is 0 Å². The van der Waals surface area contributed by atoms with E-state index in [1.807, 2.05) is 11.6 Å². The maximum atomic E-state index is 5.93. The predicted molar refractivity (Wildman–Crippen MR) is 69.0 cm³/mol. The predicted octanol–water partition coefficient (Wildman–Crippen LogP) is 3.01. The van der Waals surface area contributed by atoms with Crippen LogP contribution in [-0.2, 0) is 6.54 Å². The summed E-state index contributed by atoms with van der Waals surface area (Å²) in [6, 6.07) is 0.590. The van der Waals surface area contributed by atoms with Crippen molar-refractivity contribution in [3.05, 3.63) is 16.9 Å². The molecule has 92 valence electrons. The van der Waals surface area contributed by atoms with Crippen LogP contribution in [0.25, 0.3) is 0 Å². The Kier molecular flexibility index (Phi) is 5.85. The summed E-state index contributed by atoms with van der Waals surface area (Å²) in [5, 5.41) is 8.41. The van der Waals surface area contributed by atoms with E-state index in [0.717, 1.165) is 23.8 Å². The summed E-state index contributed by atoms with van der Waals surface area (Å²) >= 11 is 5.93. The highest BCUT2D eigenvalue weighted by Crippen LogP contribution is 2.13. The first-order valence-corrected chi connectivity index (χ1v) is 6.40. The average Bonchev–Trinajstić information content (AvgIpc) is 2.54. The van der Waals surface area contributed by atoms with Crippen molar-refractivity contribution in [3.8, 4) is 0 Å². The summed E-state index contributed by atoms with van der Waals surface area (Å²) in [7, 11) is 0. The SMILES string of the molecule is Cc1c(Cl)cnn1CCCCCNC(C)C. The fourth-order valence-electron chi connectivity index (χ4n) is 1.60. The first-order valence-electron chi connectivity index (χ1n) is 6.02. The topological polar surface area (TPSA) is 29.9 Å². The molecular weight excluding hydrogens is 222 g/mol. The van der Waals surface area contributed by atoms with Gasteiger partial charge in [-0.05, 0) is 26.3 Å². The van der Waals surface area contributed by atoms with Gasteiger partial charge in [-0.2, -0.15) is 5.10 Å². The lowest BCUT2D eigenvalue weighted by Crippen LogP contribution is -2.23. The first-order chi connectivity index (χ1) is 7.61. The molecule has 1 N–H and O–H groups in total. The lowest BCUT2D eigenvalue weighted by atomic mass is 10.2. The number of hydrogen-bond donors (Lipinski definition) is 1. The van der Waals surface area contributed by atoms with E-state index in [2.05, 4.69) is 24.3 Å². The van der Waals surface area contributed by atoms with Gasteiger partial charge in [0.2, 0.25) is 0 Å². The molecule has 0 spiro atoms. The van der Waals surface area contributed by atoms with Crippen LogP contribution in [-0.4, -0.2) is 22.4 Å². The second-order valence-electron chi connectivity index (χ2n) is 4.47. The normalized spacial score (nSPS) is 11.3. The van der Waals surface area contributed by atoms with Gasteiger partial charge in [-0.1, -0.05) is 31.9 Å². The Balaban J connectivity index is 2.10. The van der Waals surface area contributed by atoms with Gasteiger partial charge in [0.1, 0.15) is 0 Å². The molecule has 0 unspecified atom stereocenters. The minimum absolute atomic E-state index is 0.590. The van der Waals surface area contributed by atoms with Gasteiger partial charge < -0.3 is 5.32 Å². The van der Waals surface area contributed by atoms with Crippen LogP contribution in [0.1, 0.15) is 38.8 Å². The fraction of sp³-hybridized carbons (Fsp3) is 0.750. The molecule has 0 saturated heterocycles. The van der Waals surface area contributed by atoms with E-state index < -0.39 is 0 Å². The zero-order valence-corrected chi connectivity index (χ0v) is 11.2. The van der Waals surface area contributed by atoms with Crippen molar-refractivity contribution in [1.29, 1.82) is 0 Å². The Morgan fingerprint density at radius 3 is 2.69 bits per heavy atom. The number of unbranched alkanes of at least 4 members (excludes halogenated alkanes) is 2. The van der Waals surface area contributed by atoms with Crippen LogP contribution in [0, 0.1) is 6.92 Å². The van der Waals surface area contributed by atoms with Gasteiger partial charge in [-0.25, -0.2) is 0 Å². The lowest BCUT2D eigenvalue weighted by Gasteiger charge is -2.08. The van der Waals surface area contributed by atoms with Gasteiger partial charge in [-0.3, -0.25) is 4.68 Å². The monoisotopic (exact) mass is 243 g/mol. The van der Waals surface area contributed by atoms with E-state index in [-0.39, 0.29) is 0 Å². The number of hydrogen-bond acceptors (Lipinski definition) is 2. The van der Waals surface area contributed by atoms with Crippen LogP contribution in [0.3, 0.4) is 0 Å². The Hall–Kier alpha value is -0.540.